The molecule has 0 atom stereocenters. The second kappa shape index (κ2) is 4.69. The predicted molar refractivity (Wildman–Crippen MR) is 65.6 cm³/mol. The standard InChI is InChI=1S/C11H6BrClN2O/c12-8-6-9(13)7-2-1-4-15-10(7)11(8)16-5-3-14/h1-2,4,6H,5H2. The minimum Gasteiger partial charge on any atom is -0.475 e. The zero-order valence-electron chi connectivity index (χ0n) is 8.08. The molecule has 0 radical (unpaired) electrons. The maximum atomic E-state index is 8.51. The van der Waals surface area contributed by atoms with Crippen LogP contribution in [-0.2, 0) is 0 Å². The van der Waals surface area contributed by atoms with E-state index in [4.69, 9.17) is 21.6 Å². The van der Waals surface area contributed by atoms with Gasteiger partial charge in [-0.15, -0.1) is 0 Å². The summed E-state index contributed by atoms with van der Waals surface area (Å²) >= 11 is 9.42. The Bertz CT molecular complexity index is 580. The Morgan fingerprint density at radius 2 is 2.38 bits per heavy atom. The van der Waals surface area contributed by atoms with Gasteiger partial charge >= 0.3 is 0 Å². The van der Waals surface area contributed by atoms with Crippen molar-refractivity contribution >= 4 is 38.4 Å². The highest BCUT2D eigenvalue weighted by Gasteiger charge is 2.11. The minimum atomic E-state index is -0.0219. The monoisotopic (exact) mass is 296 g/mol. The molecule has 5 heteroatoms. The SMILES string of the molecule is N#CCOc1c(Br)cc(Cl)c2cccnc12. The Hall–Kier alpha value is -1.31. The molecule has 0 amide bonds. The van der Waals surface area contributed by atoms with E-state index in [2.05, 4.69) is 20.9 Å². The molecule has 0 saturated carbocycles. The van der Waals surface area contributed by atoms with Gasteiger partial charge in [-0.25, -0.2) is 0 Å². The molecule has 2 rings (SSSR count). The fourth-order valence-corrected chi connectivity index (χ4v) is 2.31. The third kappa shape index (κ3) is 1.97. The lowest BCUT2D eigenvalue weighted by molar-refractivity contribution is 0.369. The summed E-state index contributed by atoms with van der Waals surface area (Å²) in [6.45, 7) is -0.0219. The van der Waals surface area contributed by atoms with Crippen molar-refractivity contribution in [2.75, 3.05) is 6.61 Å². The summed E-state index contributed by atoms with van der Waals surface area (Å²) in [5.74, 6) is 0.543. The van der Waals surface area contributed by atoms with Crippen molar-refractivity contribution in [2.45, 2.75) is 0 Å². The Kier molecular flexibility index (Phi) is 3.28. The second-order valence-electron chi connectivity index (χ2n) is 3.02. The summed E-state index contributed by atoms with van der Waals surface area (Å²) in [5, 5.41) is 9.91. The third-order valence-corrected chi connectivity index (χ3v) is 2.93. The third-order valence-electron chi connectivity index (χ3n) is 2.03. The Labute approximate surface area is 106 Å². The highest BCUT2D eigenvalue weighted by atomic mass is 79.9. The van der Waals surface area contributed by atoms with E-state index in [0.717, 1.165) is 5.39 Å². The van der Waals surface area contributed by atoms with Gasteiger partial charge in [-0.05, 0) is 34.1 Å². The van der Waals surface area contributed by atoms with Crippen molar-refractivity contribution in [3.05, 3.63) is 33.9 Å². The summed E-state index contributed by atoms with van der Waals surface area (Å²) in [6.07, 6.45) is 1.66. The van der Waals surface area contributed by atoms with Crippen LogP contribution in [0.4, 0.5) is 0 Å². The Balaban J connectivity index is 2.67. The number of aromatic nitrogens is 1. The van der Waals surface area contributed by atoms with E-state index in [-0.39, 0.29) is 6.61 Å². The average molecular weight is 298 g/mol. The fourth-order valence-electron chi connectivity index (χ4n) is 1.39. The fraction of sp³-hybridized carbons (Fsp3) is 0.0909. The molecule has 1 heterocycles. The first-order valence-electron chi connectivity index (χ1n) is 4.46. The van der Waals surface area contributed by atoms with E-state index in [0.29, 0.717) is 20.8 Å². The summed E-state index contributed by atoms with van der Waals surface area (Å²) in [4.78, 5) is 4.21. The number of nitrogens with zero attached hydrogens (tertiary/aromatic N) is 2. The van der Waals surface area contributed by atoms with Gasteiger partial charge in [-0.3, -0.25) is 4.98 Å². The topological polar surface area (TPSA) is 45.9 Å². The van der Waals surface area contributed by atoms with Crippen LogP contribution < -0.4 is 4.74 Å². The number of nitriles is 1. The van der Waals surface area contributed by atoms with Crippen LogP contribution in [0.3, 0.4) is 0 Å². The lowest BCUT2D eigenvalue weighted by Crippen LogP contribution is -1.96. The van der Waals surface area contributed by atoms with Gasteiger partial charge in [0.25, 0.3) is 0 Å². The molecule has 0 aliphatic rings. The first-order valence-corrected chi connectivity index (χ1v) is 5.63. The largest absolute Gasteiger partial charge is 0.475 e. The molecule has 80 valence electrons. The van der Waals surface area contributed by atoms with E-state index in [9.17, 15) is 0 Å². The molecule has 0 unspecified atom stereocenters. The Morgan fingerprint density at radius 1 is 1.56 bits per heavy atom. The summed E-state index contributed by atoms with van der Waals surface area (Å²) in [7, 11) is 0. The van der Waals surface area contributed by atoms with Crippen LogP contribution in [-0.4, -0.2) is 11.6 Å². The van der Waals surface area contributed by atoms with Gasteiger partial charge in [0.15, 0.2) is 12.4 Å². The highest BCUT2D eigenvalue weighted by Crippen LogP contribution is 2.36. The van der Waals surface area contributed by atoms with Crippen LogP contribution in [0.1, 0.15) is 0 Å². The van der Waals surface area contributed by atoms with Gasteiger partial charge in [-0.2, -0.15) is 5.26 Å². The molecule has 1 aromatic heterocycles. The summed E-state index contributed by atoms with van der Waals surface area (Å²) < 4.78 is 6.02. The molecule has 1 aromatic carbocycles. The molecule has 2 aromatic rings. The normalized spacial score (nSPS) is 10.1. The number of ether oxygens (including phenoxy) is 1. The van der Waals surface area contributed by atoms with E-state index in [1.807, 2.05) is 12.1 Å². The van der Waals surface area contributed by atoms with Gasteiger partial charge in [0.05, 0.1) is 9.50 Å². The van der Waals surface area contributed by atoms with Gasteiger partial charge in [0.2, 0.25) is 0 Å². The molecule has 0 N–H and O–H groups in total. The average Bonchev–Trinajstić information content (AvgIpc) is 2.29. The van der Waals surface area contributed by atoms with Crippen molar-refractivity contribution in [1.82, 2.24) is 4.98 Å². The number of hydrogen-bond donors (Lipinski definition) is 0. The second-order valence-corrected chi connectivity index (χ2v) is 4.28. The van der Waals surface area contributed by atoms with E-state index in [1.165, 1.54) is 0 Å². The molecule has 0 bridgehead atoms. The van der Waals surface area contributed by atoms with Crippen LogP contribution in [0, 0.1) is 11.3 Å². The zero-order valence-corrected chi connectivity index (χ0v) is 10.4. The predicted octanol–water partition coefficient (Wildman–Crippen LogP) is 3.55. The van der Waals surface area contributed by atoms with E-state index >= 15 is 0 Å². The first-order chi connectivity index (χ1) is 7.74. The maximum Gasteiger partial charge on any atom is 0.174 e. The van der Waals surface area contributed by atoms with E-state index < -0.39 is 0 Å². The van der Waals surface area contributed by atoms with Crippen LogP contribution in [0.2, 0.25) is 5.02 Å². The summed E-state index contributed by atoms with van der Waals surface area (Å²) in [5.41, 5.74) is 0.650. The molecule has 16 heavy (non-hydrogen) atoms. The van der Waals surface area contributed by atoms with Crippen molar-refractivity contribution in [2.24, 2.45) is 0 Å². The molecule has 0 saturated heterocycles. The quantitative estimate of drug-likeness (QED) is 0.851. The number of hydrogen-bond acceptors (Lipinski definition) is 3. The van der Waals surface area contributed by atoms with Gasteiger partial charge in [-0.1, -0.05) is 11.6 Å². The van der Waals surface area contributed by atoms with Gasteiger partial charge < -0.3 is 4.74 Å². The maximum absolute atomic E-state index is 8.51. The lowest BCUT2D eigenvalue weighted by Gasteiger charge is -2.09. The molecule has 0 fully saturated rings. The number of fused-ring (bicyclic) bond motifs is 1. The molecule has 0 spiro atoms. The van der Waals surface area contributed by atoms with Gasteiger partial charge in [0, 0.05) is 11.6 Å². The van der Waals surface area contributed by atoms with Crippen LogP contribution in [0.15, 0.2) is 28.9 Å². The van der Waals surface area contributed by atoms with Gasteiger partial charge in [0.1, 0.15) is 11.6 Å². The minimum absolute atomic E-state index is 0.0219. The highest BCUT2D eigenvalue weighted by molar-refractivity contribution is 9.10. The smallest absolute Gasteiger partial charge is 0.174 e. The first kappa shape index (κ1) is 11.2. The summed E-state index contributed by atoms with van der Waals surface area (Å²) in [6, 6.07) is 7.31. The number of pyridine rings is 1. The van der Waals surface area contributed by atoms with Crippen molar-refractivity contribution in [3.63, 3.8) is 0 Å². The van der Waals surface area contributed by atoms with Crippen LogP contribution in [0.5, 0.6) is 5.75 Å². The molecule has 3 nitrogen and oxygen atoms in total. The van der Waals surface area contributed by atoms with E-state index in [1.54, 1.807) is 18.3 Å². The Morgan fingerprint density at radius 3 is 3.12 bits per heavy atom. The van der Waals surface area contributed by atoms with Crippen molar-refractivity contribution in [1.29, 1.82) is 5.26 Å². The molecule has 0 aliphatic carbocycles. The van der Waals surface area contributed by atoms with Crippen molar-refractivity contribution in [3.8, 4) is 11.8 Å². The molecular weight excluding hydrogens is 291 g/mol. The molecular formula is C11H6BrClN2O. The number of rotatable bonds is 2. The number of benzene rings is 1. The van der Waals surface area contributed by atoms with Crippen molar-refractivity contribution < 1.29 is 4.74 Å². The van der Waals surface area contributed by atoms with Crippen LogP contribution >= 0.6 is 27.5 Å². The number of halogens is 2. The molecule has 0 aliphatic heterocycles. The van der Waals surface area contributed by atoms with Crippen LogP contribution in [0.25, 0.3) is 10.9 Å². The lowest BCUT2D eigenvalue weighted by atomic mass is 10.2. The zero-order chi connectivity index (χ0) is 11.5.